The Balaban J connectivity index is 1.57. The van der Waals surface area contributed by atoms with Gasteiger partial charge in [0.2, 0.25) is 5.91 Å². The SMILES string of the molecule is CC1(C(=O)Nc2ccc(CN3CCCC3)cc2)CCCN1. The van der Waals surface area contributed by atoms with Gasteiger partial charge in [0.1, 0.15) is 0 Å². The minimum absolute atomic E-state index is 0.0762. The summed E-state index contributed by atoms with van der Waals surface area (Å²) in [7, 11) is 0. The number of hydrogen-bond donors (Lipinski definition) is 2. The van der Waals surface area contributed by atoms with Crippen molar-refractivity contribution in [2.24, 2.45) is 0 Å². The number of nitrogens with zero attached hydrogens (tertiary/aromatic N) is 1. The number of hydrogen-bond acceptors (Lipinski definition) is 3. The standard InChI is InChI=1S/C17H25N3O/c1-17(9-4-10-18-17)16(21)19-15-7-5-14(6-8-15)13-20-11-2-3-12-20/h5-8,18H,2-4,9-13H2,1H3,(H,19,21). The normalized spacial score (nSPS) is 26.1. The van der Waals surface area contributed by atoms with Crippen LogP contribution in [0.2, 0.25) is 0 Å². The van der Waals surface area contributed by atoms with Crippen LogP contribution in [-0.2, 0) is 11.3 Å². The number of rotatable bonds is 4. The first kappa shape index (κ1) is 14.5. The second-order valence-corrected chi connectivity index (χ2v) is 6.50. The van der Waals surface area contributed by atoms with E-state index in [2.05, 4.69) is 27.7 Å². The van der Waals surface area contributed by atoms with E-state index >= 15 is 0 Å². The topological polar surface area (TPSA) is 44.4 Å². The van der Waals surface area contributed by atoms with Gasteiger partial charge in [-0.05, 0) is 69.9 Å². The first-order valence-electron chi connectivity index (χ1n) is 8.03. The fraction of sp³-hybridized carbons (Fsp3) is 0.588. The molecule has 4 heteroatoms. The van der Waals surface area contributed by atoms with Crippen LogP contribution in [0.4, 0.5) is 5.69 Å². The average molecular weight is 287 g/mol. The van der Waals surface area contributed by atoms with E-state index in [0.717, 1.165) is 31.6 Å². The molecular formula is C17H25N3O. The maximum absolute atomic E-state index is 12.3. The molecule has 2 aliphatic heterocycles. The van der Waals surface area contributed by atoms with Crippen LogP contribution in [-0.4, -0.2) is 36.0 Å². The molecule has 1 aromatic rings. The first-order chi connectivity index (χ1) is 10.2. The van der Waals surface area contributed by atoms with Crippen LogP contribution in [0.3, 0.4) is 0 Å². The largest absolute Gasteiger partial charge is 0.324 e. The molecule has 2 N–H and O–H groups in total. The molecule has 4 nitrogen and oxygen atoms in total. The molecule has 0 saturated carbocycles. The third kappa shape index (κ3) is 3.44. The predicted octanol–water partition coefficient (Wildman–Crippen LogP) is 2.36. The Morgan fingerprint density at radius 3 is 2.57 bits per heavy atom. The zero-order valence-electron chi connectivity index (χ0n) is 12.8. The van der Waals surface area contributed by atoms with E-state index in [-0.39, 0.29) is 5.91 Å². The van der Waals surface area contributed by atoms with Crippen LogP contribution < -0.4 is 10.6 Å². The maximum atomic E-state index is 12.3. The minimum Gasteiger partial charge on any atom is -0.324 e. The quantitative estimate of drug-likeness (QED) is 0.893. The molecule has 114 valence electrons. The molecule has 2 heterocycles. The van der Waals surface area contributed by atoms with E-state index in [1.165, 1.54) is 31.5 Å². The van der Waals surface area contributed by atoms with Gasteiger partial charge in [0, 0.05) is 12.2 Å². The molecule has 1 aromatic carbocycles. The van der Waals surface area contributed by atoms with Crippen LogP contribution in [0.1, 0.15) is 38.2 Å². The van der Waals surface area contributed by atoms with E-state index in [1.54, 1.807) is 0 Å². The second-order valence-electron chi connectivity index (χ2n) is 6.50. The van der Waals surface area contributed by atoms with Crippen LogP contribution in [0.25, 0.3) is 0 Å². The summed E-state index contributed by atoms with van der Waals surface area (Å²) in [5.74, 6) is 0.0762. The van der Waals surface area contributed by atoms with E-state index in [9.17, 15) is 4.79 Å². The molecule has 21 heavy (non-hydrogen) atoms. The molecule has 2 saturated heterocycles. The van der Waals surface area contributed by atoms with Gasteiger partial charge in [0.25, 0.3) is 0 Å². The van der Waals surface area contributed by atoms with Gasteiger partial charge in [-0.3, -0.25) is 9.69 Å². The van der Waals surface area contributed by atoms with Crippen LogP contribution in [0, 0.1) is 0 Å². The highest BCUT2D eigenvalue weighted by molar-refractivity contribution is 5.98. The fourth-order valence-electron chi connectivity index (χ4n) is 3.25. The first-order valence-corrected chi connectivity index (χ1v) is 8.03. The van der Waals surface area contributed by atoms with Crippen LogP contribution in [0.5, 0.6) is 0 Å². The summed E-state index contributed by atoms with van der Waals surface area (Å²) in [5.41, 5.74) is 1.80. The van der Waals surface area contributed by atoms with Gasteiger partial charge in [0.15, 0.2) is 0 Å². The molecule has 2 aliphatic rings. The Labute approximate surface area is 126 Å². The lowest BCUT2D eigenvalue weighted by molar-refractivity contribution is -0.121. The van der Waals surface area contributed by atoms with Crippen molar-refractivity contribution in [1.82, 2.24) is 10.2 Å². The molecule has 1 amide bonds. The number of anilines is 1. The fourth-order valence-corrected chi connectivity index (χ4v) is 3.25. The van der Waals surface area contributed by atoms with Gasteiger partial charge < -0.3 is 10.6 Å². The minimum atomic E-state index is -0.409. The van der Waals surface area contributed by atoms with Crippen molar-refractivity contribution in [3.8, 4) is 0 Å². The van der Waals surface area contributed by atoms with E-state index in [1.807, 2.05) is 19.1 Å². The summed E-state index contributed by atoms with van der Waals surface area (Å²) >= 11 is 0. The Morgan fingerprint density at radius 2 is 1.95 bits per heavy atom. The highest BCUT2D eigenvalue weighted by atomic mass is 16.2. The van der Waals surface area contributed by atoms with Crippen molar-refractivity contribution in [1.29, 1.82) is 0 Å². The molecule has 1 atom stereocenters. The Bertz CT molecular complexity index is 485. The van der Waals surface area contributed by atoms with Crippen molar-refractivity contribution in [2.45, 2.75) is 44.7 Å². The van der Waals surface area contributed by atoms with Gasteiger partial charge in [-0.15, -0.1) is 0 Å². The van der Waals surface area contributed by atoms with E-state index < -0.39 is 5.54 Å². The predicted molar refractivity (Wildman–Crippen MR) is 85.2 cm³/mol. The Kier molecular flexibility index (Phi) is 4.27. The smallest absolute Gasteiger partial charge is 0.244 e. The average Bonchev–Trinajstić information content (AvgIpc) is 3.13. The van der Waals surface area contributed by atoms with Crippen LogP contribution >= 0.6 is 0 Å². The third-order valence-corrected chi connectivity index (χ3v) is 4.69. The lowest BCUT2D eigenvalue weighted by atomic mass is 9.99. The highest BCUT2D eigenvalue weighted by Gasteiger charge is 2.35. The molecule has 0 spiro atoms. The molecule has 0 bridgehead atoms. The summed E-state index contributed by atoms with van der Waals surface area (Å²) in [5, 5.41) is 6.32. The third-order valence-electron chi connectivity index (χ3n) is 4.69. The monoisotopic (exact) mass is 287 g/mol. The van der Waals surface area contributed by atoms with Gasteiger partial charge in [-0.25, -0.2) is 0 Å². The summed E-state index contributed by atoms with van der Waals surface area (Å²) in [6.07, 6.45) is 4.62. The number of amides is 1. The Hall–Kier alpha value is -1.39. The number of carbonyl (C=O) groups is 1. The van der Waals surface area contributed by atoms with Crippen molar-refractivity contribution in [3.05, 3.63) is 29.8 Å². The molecule has 2 fully saturated rings. The molecule has 0 aromatic heterocycles. The number of carbonyl (C=O) groups excluding carboxylic acids is 1. The van der Waals surface area contributed by atoms with E-state index in [4.69, 9.17) is 0 Å². The van der Waals surface area contributed by atoms with Crippen molar-refractivity contribution < 1.29 is 4.79 Å². The highest BCUT2D eigenvalue weighted by Crippen LogP contribution is 2.21. The van der Waals surface area contributed by atoms with Crippen molar-refractivity contribution >= 4 is 11.6 Å². The number of likely N-dealkylation sites (tertiary alicyclic amines) is 1. The van der Waals surface area contributed by atoms with Gasteiger partial charge in [-0.1, -0.05) is 12.1 Å². The second kappa shape index (κ2) is 6.16. The maximum Gasteiger partial charge on any atom is 0.244 e. The molecule has 1 unspecified atom stereocenters. The molecule has 3 rings (SSSR count). The van der Waals surface area contributed by atoms with E-state index in [0.29, 0.717) is 0 Å². The lowest BCUT2D eigenvalue weighted by Gasteiger charge is -2.23. The molecule has 0 aliphatic carbocycles. The Morgan fingerprint density at radius 1 is 1.24 bits per heavy atom. The summed E-state index contributed by atoms with van der Waals surface area (Å²) in [4.78, 5) is 14.8. The zero-order valence-corrected chi connectivity index (χ0v) is 12.8. The summed E-state index contributed by atoms with van der Waals surface area (Å²) in [6.45, 7) is 6.36. The van der Waals surface area contributed by atoms with Gasteiger partial charge >= 0.3 is 0 Å². The molecule has 0 radical (unpaired) electrons. The van der Waals surface area contributed by atoms with Crippen molar-refractivity contribution in [2.75, 3.05) is 25.0 Å². The number of nitrogens with one attached hydrogen (secondary N) is 2. The van der Waals surface area contributed by atoms with Crippen LogP contribution in [0.15, 0.2) is 24.3 Å². The van der Waals surface area contributed by atoms with Crippen molar-refractivity contribution in [3.63, 3.8) is 0 Å². The number of benzene rings is 1. The molecular weight excluding hydrogens is 262 g/mol. The van der Waals surface area contributed by atoms with Gasteiger partial charge in [0.05, 0.1) is 5.54 Å². The van der Waals surface area contributed by atoms with Gasteiger partial charge in [-0.2, -0.15) is 0 Å². The summed E-state index contributed by atoms with van der Waals surface area (Å²) < 4.78 is 0. The lowest BCUT2D eigenvalue weighted by Crippen LogP contribution is -2.47. The summed E-state index contributed by atoms with van der Waals surface area (Å²) in [6, 6.07) is 8.28. The zero-order chi connectivity index (χ0) is 14.7.